The minimum absolute atomic E-state index is 0.562. The van der Waals surface area contributed by atoms with E-state index in [1.54, 1.807) is 6.92 Å². The first-order chi connectivity index (χ1) is 7.50. The van der Waals surface area contributed by atoms with E-state index in [-0.39, 0.29) is 0 Å². The molecule has 0 rings (SSSR count). The van der Waals surface area contributed by atoms with Crippen molar-refractivity contribution >= 4 is 5.97 Å². The summed E-state index contributed by atoms with van der Waals surface area (Å²) >= 11 is 0. The number of unbranched alkanes of at least 4 members (excludes halogenated alkanes) is 1. The van der Waals surface area contributed by atoms with Gasteiger partial charge in [0.15, 0.2) is 0 Å². The van der Waals surface area contributed by atoms with Crippen molar-refractivity contribution in [1.29, 1.82) is 0 Å². The second-order valence-electron chi connectivity index (χ2n) is 4.39. The van der Waals surface area contributed by atoms with E-state index in [0.717, 1.165) is 25.9 Å². The molecule has 0 aromatic rings. The maximum atomic E-state index is 11.2. The Balaban J connectivity index is 4.40. The van der Waals surface area contributed by atoms with E-state index < -0.39 is 11.5 Å². The molecule has 0 aliphatic carbocycles. The van der Waals surface area contributed by atoms with Crippen LogP contribution in [0, 0.1) is 0 Å². The molecule has 0 aliphatic rings. The number of carbonyl (C=O) groups is 1. The van der Waals surface area contributed by atoms with Crippen LogP contribution < -0.4 is 5.32 Å². The first-order valence-corrected chi connectivity index (χ1v) is 6.20. The summed E-state index contributed by atoms with van der Waals surface area (Å²) in [5.41, 5.74) is -0.835. The fourth-order valence-corrected chi connectivity index (χ4v) is 1.77. The van der Waals surface area contributed by atoms with Gasteiger partial charge in [0.25, 0.3) is 0 Å². The second kappa shape index (κ2) is 7.63. The third-order valence-corrected chi connectivity index (χ3v) is 2.85. The fourth-order valence-electron chi connectivity index (χ4n) is 1.77. The minimum Gasteiger partial charge on any atom is -0.480 e. The molecule has 0 aromatic heterocycles. The lowest BCUT2D eigenvalue weighted by Gasteiger charge is -2.32. The van der Waals surface area contributed by atoms with E-state index in [2.05, 4.69) is 24.1 Å². The molecule has 0 aliphatic heterocycles. The van der Waals surface area contributed by atoms with Crippen LogP contribution in [0.4, 0.5) is 0 Å². The highest BCUT2D eigenvalue weighted by atomic mass is 16.4. The van der Waals surface area contributed by atoms with Crippen LogP contribution in [0.25, 0.3) is 0 Å². The van der Waals surface area contributed by atoms with Crippen molar-refractivity contribution in [2.75, 3.05) is 26.2 Å². The average molecular weight is 230 g/mol. The number of carboxylic acid groups (broad SMARTS) is 1. The van der Waals surface area contributed by atoms with E-state index in [0.29, 0.717) is 13.1 Å². The number of likely N-dealkylation sites (N-methyl/N-ethyl adjacent to an activating group) is 2. The molecule has 4 nitrogen and oxygen atoms in total. The van der Waals surface area contributed by atoms with Gasteiger partial charge in [-0.15, -0.1) is 0 Å². The van der Waals surface area contributed by atoms with Gasteiger partial charge in [0.1, 0.15) is 5.54 Å². The van der Waals surface area contributed by atoms with Crippen molar-refractivity contribution in [1.82, 2.24) is 10.2 Å². The Hall–Kier alpha value is -0.610. The van der Waals surface area contributed by atoms with Crippen molar-refractivity contribution < 1.29 is 9.90 Å². The Morgan fingerprint density at radius 2 is 2.00 bits per heavy atom. The van der Waals surface area contributed by atoms with E-state index in [9.17, 15) is 9.90 Å². The number of hydrogen-bond acceptors (Lipinski definition) is 3. The summed E-state index contributed by atoms with van der Waals surface area (Å²) in [7, 11) is 0. The highest BCUT2D eigenvalue weighted by molar-refractivity contribution is 5.78. The molecule has 4 heteroatoms. The molecule has 0 heterocycles. The summed E-state index contributed by atoms with van der Waals surface area (Å²) in [5, 5.41) is 12.3. The predicted molar refractivity (Wildman–Crippen MR) is 66.7 cm³/mol. The summed E-state index contributed by atoms with van der Waals surface area (Å²) in [6.45, 7) is 11.0. The van der Waals surface area contributed by atoms with Gasteiger partial charge in [0.05, 0.1) is 0 Å². The number of rotatable bonds is 9. The van der Waals surface area contributed by atoms with Gasteiger partial charge >= 0.3 is 5.97 Å². The van der Waals surface area contributed by atoms with Crippen LogP contribution >= 0.6 is 0 Å². The summed E-state index contributed by atoms with van der Waals surface area (Å²) in [5.74, 6) is -0.774. The quantitative estimate of drug-likeness (QED) is 0.631. The zero-order chi connectivity index (χ0) is 12.6. The Morgan fingerprint density at radius 1 is 1.38 bits per heavy atom. The second-order valence-corrected chi connectivity index (χ2v) is 4.39. The molecule has 0 fully saturated rings. The van der Waals surface area contributed by atoms with E-state index in [1.165, 1.54) is 0 Å². The minimum atomic E-state index is -0.835. The van der Waals surface area contributed by atoms with Gasteiger partial charge in [-0.25, -0.2) is 0 Å². The normalized spacial score (nSPS) is 15.1. The topological polar surface area (TPSA) is 52.6 Å². The smallest absolute Gasteiger partial charge is 0.324 e. The molecule has 0 amide bonds. The zero-order valence-electron chi connectivity index (χ0n) is 11.0. The van der Waals surface area contributed by atoms with Crippen LogP contribution in [-0.4, -0.2) is 47.7 Å². The molecule has 96 valence electrons. The van der Waals surface area contributed by atoms with E-state index in [1.807, 2.05) is 6.92 Å². The standard InChI is InChI=1S/C12H26N2O2/c1-5-8-9-14(7-3)10-12(4,11(15)16)13-6-2/h13H,5-10H2,1-4H3,(H,15,16). The van der Waals surface area contributed by atoms with Crippen molar-refractivity contribution in [2.24, 2.45) is 0 Å². The van der Waals surface area contributed by atoms with E-state index >= 15 is 0 Å². The summed E-state index contributed by atoms with van der Waals surface area (Å²) in [6, 6.07) is 0. The lowest BCUT2D eigenvalue weighted by atomic mass is 10.0. The van der Waals surface area contributed by atoms with Crippen LogP contribution in [0.2, 0.25) is 0 Å². The third kappa shape index (κ3) is 4.94. The molecular formula is C12H26N2O2. The predicted octanol–water partition coefficient (Wildman–Crippen LogP) is 1.56. The van der Waals surface area contributed by atoms with Crippen LogP contribution in [0.3, 0.4) is 0 Å². The number of hydrogen-bond donors (Lipinski definition) is 2. The van der Waals surface area contributed by atoms with Crippen molar-refractivity contribution in [3.8, 4) is 0 Å². The Kier molecular flexibility index (Phi) is 7.34. The van der Waals surface area contributed by atoms with Crippen LogP contribution in [0.15, 0.2) is 0 Å². The maximum absolute atomic E-state index is 11.2. The molecular weight excluding hydrogens is 204 g/mol. The lowest BCUT2D eigenvalue weighted by Crippen LogP contribution is -2.57. The number of carboxylic acids is 1. The average Bonchev–Trinajstić information content (AvgIpc) is 2.24. The van der Waals surface area contributed by atoms with Crippen LogP contribution in [0.1, 0.15) is 40.5 Å². The van der Waals surface area contributed by atoms with Gasteiger partial charge in [-0.3, -0.25) is 4.79 Å². The molecule has 16 heavy (non-hydrogen) atoms. The summed E-state index contributed by atoms with van der Waals surface area (Å²) in [6.07, 6.45) is 2.26. The van der Waals surface area contributed by atoms with Gasteiger partial charge in [-0.05, 0) is 33.0 Å². The maximum Gasteiger partial charge on any atom is 0.324 e. The first kappa shape index (κ1) is 15.4. The molecule has 1 unspecified atom stereocenters. The molecule has 0 spiro atoms. The lowest BCUT2D eigenvalue weighted by molar-refractivity contribution is -0.145. The van der Waals surface area contributed by atoms with Crippen molar-refractivity contribution in [2.45, 2.75) is 46.1 Å². The Morgan fingerprint density at radius 3 is 2.38 bits per heavy atom. The van der Waals surface area contributed by atoms with Gasteiger partial charge in [-0.2, -0.15) is 0 Å². The summed E-state index contributed by atoms with van der Waals surface area (Å²) < 4.78 is 0. The molecule has 0 saturated heterocycles. The zero-order valence-corrected chi connectivity index (χ0v) is 11.0. The van der Waals surface area contributed by atoms with Crippen LogP contribution in [0.5, 0.6) is 0 Å². The highest BCUT2D eigenvalue weighted by Gasteiger charge is 2.33. The van der Waals surface area contributed by atoms with Gasteiger partial charge in [0.2, 0.25) is 0 Å². The van der Waals surface area contributed by atoms with Gasteiger partial charge in [-0.1, -0.05) is 27.2 Å². The number of nitrogens with one attached hydrogen (secondary N) is 1. The highest BCUT2D eigenvalue weighted by Crippen LogP contribution is 2.08. The fraction of sp³-hybridized carbons (Fsp3) is 0.917. The van der Waals surface area contributed by atoms with E-state index in [4.69, 9.17) is 0 Å². The molecule has 0 aromatic carbocycles. The molecule has 1 atom stereocenters. The molecule has 0 bridgehead atoms. The SMILES string of the molecule is CCCCN(CC)CC(C)(NCC)C(=O)O. The summed E-state index contributed by atoms with van der Waals surface area (Å²) in [4.78, 5) is 13.4. The van der Waals surface area contributed by atoms with Crippen molar-refractivity contribution in [3.05, 3.63) is 0 Å². The van der Waals surface area contributed by atoms with Crippen LogP contribution in [-0.2, 0) is 4.79 Å². The van der Waals surface area contributed by atoms with Crippen molar-refractivity contribution in [3.63, 3.8) is 0 Å². The van der Waals surface area contributed by atoms with Gasteiger partial charge < -0.3 is 15.3 Å². The molecule has 0 saturated carbocycles. The van der Waals surface area contributed by atoms with Gasteiger partial charge in [0, 0.05) is 6.54 Å². The Labute approximate surface area is 99.0 Å². The largest absolute Gasteiger partial charge is 0.480 e. The number of nitrogens with zero attached hydrogens (tertiary/aromatic N) is 1. The third-order valence-electron chi connectivity index (χ3n) is 2.85. The molecule has 2 N–H and O–H groups in total. The number of aliphatic carboxylic acids is 1. The molecule has 0 radical (unpaired) electrons. The first-order valence-electron chi connectivity index (χ1n) is 6.20. The Bertz CT molecular complexity index is 209. The monoisotopic (exact) mass is 230 g/mol.